The van der Waals surface area contributed by atoms with Gasteiger partial charge in [0.15, 0.2) is 0 Å². The van der Waals surface area contributed by atoms with Gasteiger partial charge >= 0.3 is 0 Å². The quantitative estimate of drug-likeness (QED) is 0.810. The number of nitrogens with two attached hydrogens (primary N) is 1. The summed E-state index contributed by atoms with van der Waals surface area (Å²) >= 11 is 0. The second-order valence-electron chi connectivity index (χ2n) is 4.93. The van der Waals surface area contributed by atoms with E-state index in [2.05, 4.69) is 0 Å². The van der Waals surface area contributed by atoms with Crippen molar-refractivity contribution in [1.29, 1.82) is 0 Å². The number of amides is 1. The lowest BCUT2D eigenvalue weighted by Gasteiger charge is -2.30. The first-order chi connectivity index (χ1) is 9.66. The summed E-state index contributed by atoms with van der Waals surface area (Å²) in [6.07, 6.45) is 1.80. The van der Waals surface area contributed by atoms with Crippen LogP contribution < -0.4 is 10.6 Å². The first kappa shape index (κ1) is 12.7. The first-order valence-corrected chi connectivity index (χ1v) is 6.61. The summed E-state index contributed by atoms with van der Waals surface area (Å²) in [4.78, 5) is 14.2. The number of hydrogen-bond acceptors (Lipinski definition) is 2. The molecule has 102 valence electrons. The summed E-state index contributed by atoms with van der Waals surface area (Å²) in [5, 5.41) is 0. The topological polar surface area (TPSA) is 46.3 Å². The number of aryl methyl sites for hydroxylation is 1. The highest BCUT2D eigenvalue weighted by Gasteiger charge is 2.25. The molecule has 1 amide bonds. The highest BCUT2D eigenvalue weighted by molar-refractivity contribution is 6.08. The molecule has 3 nitrogen and oxygen atoms in total. The van der Waals surface area contributed by atoms with Crippen LogP contribution in [0.1, 0.15) is 22.3 Å². The highest BCUT2D eigenvalue weighted by Crippen LogP contribution is 2.33. The number of para-hydroxylation sites is 1. The van der Waals surface area contributed by atoms with Crippen LogP contribution in [0.15, 0.2) is 42.5 Å². The van der Waals surface area contributed by atoms with Crippen molar-refractivity contribution in [2.75, 3.05) is 17.2 Å². The molecule has 1 heterocycles. The third kappa shape index (κ3) is 2.13. The van der Waals surface area contributed by atoms with E-state index in [-0.39, 0.29) is 5.91 Å². The van der Waals surface area contributed by atoms with Gasteiger partial charge in [-0.25, -0.2) is 4.39 Å². The van der Waals surface area contributed by atoms with Crippen molar-refractivity contribution < 1.29 is 9.18 Å². The number of nitrogen functional groups attached to an aromatic ring is 1. The Morgan fingerprint density at radius 1 is 1.20 bits per heavy atom. The van der Waals surface area contributed by atoms with Gasteiger partial charge < -0.3 is 10.6 Å². The zero-order valence-corrected chi connectivity index (χ0v) is 11.0. The number of carbonyl (C=O) groups excluding carboxylic acids is 1. The molecule has 0 aromatic heterocycles. The molecule has 0 saturated heterocycles. The van der Waals surface area contributed by atoms with E-state index in [1.165, 1.54) is 12.1 Å². The third-order valence-electron chi connectivity index (χ3n) is 3.57. The normalized spacial score (nSPS) is 13.9. The van der Waals surface area contributed by atoms with Crippen molar-refractivity contribution in [3.63, 3.8) is 0 Å². The van der Waals surface area contributed by atoms with Gasteiger partial charge in [-0.3, -0.25) is 4.79 Å². The number of anilines is 2. The van der Waals surface area contributed by atoms with E-state index in [1.54, 1.807) is 23.1 Å². The van der Waals surface area contributed by atoms with Gasteiger partial charge in [0.2, 0.25) is 0 Å². The Hall–Kier alpha value is -2.36. The fourth-order valence-electron chi connectivity index (χ4n) is 2.66. The van der Waals surface area contributed by atoms with Gasteiger partial charge in [-0.1, -0.05) is 18.2 Å². The highest BCUT2D eigenvalue weighted by atomic mass is 19.1. The number of halogens is 1. The maximum atomic E-state index is 13.3. The van der Waals surface area contributed by atoms with E-state index >= 15 is 0 Å². The minimum absolute atomic E-state index is 0.205. The summed E-state index contributed by atoms with van der Waals surface area (Å²) < 4.78 is 13.3. The number of carbonyl (C=O) groups is 1. The SMILES string of the molecule is Nc1cccc2c1N(C(=O)c1cccc(F)c1)CCC2. The van der Waals surface area contributed by atoms with Crippen LogP contribution in [0.25, 0.3) is 0 Å². The maximum absolute atomic E-state index is 13.3. The average Bonchev–Trinajstić information content (AvgIpc) is 2.46. The summed E-state index contributed by atoms with van der Waals surface area (Å²) in [6, 6.07) is 11.4. The average molecular weight is 270 g/mol. The molecule has 0 unspecified atom stereocenters. The molecule has 0 radical (unpaired) electrons. The van der Waals surface area contributed by atoms with Gasteiger partial charge in [-0.2, -0.15) is 0 Å². The minimum atomic E-state index is -0.408. The molecular formula is C16H15FN2O. The Morgan fingerprint density at radius 3 is 2.80 bits per heavy atom. The molecule has 0 aliphatic carbocycles. The Morgan fingerprint density at radius 2 is 2.00 bits per heavy atom. The molecule has 0 saturated carbocycles. The molecule has 3 rings (SSSR count). The Labute approximate surface area is 116 Å². The van der Waals surface area contributed by atoms with Crippen LogP contribution in [0.2, 0.25) is 0 Å². The van der Waals surface area contributed by atoms with Crippen molar-refractivity contribution in [3.8, 4) is 0 Å². The van der Waals surface area contributed by atoms with Gasteiger partial charge in [-0.15, -0.1) is 0 Å². The summed E-state index contributed by atoms with van der Waals surface area (Å²) in [5.41, 5.74) is 8.79. The van der Waals surface area contributed by atoms with E-state index in [1.807, 2.05) is 12.1 Å². The monoisotopic (exact) mass is 270 g/mol. The van der Waals surface area contributed by atoms with Gasteiger partial charge in [0.1, 0.15) is 5.82 Å². The third-order valence-corrected chi connectivity index (χ3v) is 3.57. The lowest BCUT2D eigenvalue weighted by Crippen LogP contribution is -2.36. The molecule has 2 N–H and O–H groups in total. The van der Waals surface area contributed by atoms with Crippen molar-refractivity contribution in [2.45, 2.75) is 12.8 Å². The smallest absolute Gasteiger partial charge is 0.258 e. The Kier molecular flexibility index (Phi) is 3.14. The molecule has 0 atom stereocenters. The predicted molar refractivity (Wildman–Crippen MR) is 77.3 cm³/mol. The minimum Gasteiger partial charge on any atom is -0.397 e. The van der Waals surface area contributed by atoms with Crippen LogP contribution in [0, 0.1) is 5.82 Å². The van der Waals surface area contributed by atoms with Gasteiger partial charge in [0.05, 0.1) is 11.4 Å². The van der Waals surface area contributed by atoms with E-state index in [4.69, 9.17) is 5.73 Å². The molecule has 2 aromatic carbocycles. The van der Waals surface area contributed by atoms with E-state index in [9.17, 15) is 9.18 Å². The van der Waals surface area contributed by atoms with E-state index in [0.717, 1.165) is 24.1 Å². The Bertz CT molecular complexity index is 669. The second-order valence-corrected chi connectivity index (χ2v) is 4.93. The predicted octanol–water partition coefficient (Wildman–Crippen LogP) is 3.00. The first-order valence-electron chi connectivity index (χ1n) is 6.61. The summed E-state index contributed by atoms with van der Waals surface area (Å²) in [6.45, 7) is 0.608. The molecule has 1 aliphatic rings. The molecule has 4 heteroatoms. The zero-order valence-electron chi connectivity index (χ0n) is 11.0. The molecule has 20 heavy (non-hydrogen) atoms. The molecule has 1 aliphatic heterocycles. The van der Waals surface area contributed by atoms with Gasteiger partial charge in [0.25, 0.3) is 5.91 Å². The van der Waals surface area contributed by atoms with Crippen LogP contribution >= 0.6 is 0 Å². The Balaban J connectivity index is 2.03. The fraction of sp³-hybridized carbons (Fsp3) is 0.188. The number of fused-ring (bicyclic) bond motifs is 1. The standard InChI is InChI=1S/C16H15FN2O/c17-13-7-1-5-12(10-13)16(20)19-9-3-6-11-4-2-8-14(18)15(11)19/h1-2,4-5,7-8,10H,3,6,9,18H2. The number of rotatable bonds is 1. The molecular weight excluding hydrogens is 255 g/mol. The van der Waals surface area contributed by atoms with Crippen molar-refractivity contribution in [3.05, 3.63) is 59.4 Å². The summed E-state index contributed by atoms with van der Waals surface area (Å²) in [5.74, 6) is -0.613. The van der Waals surface area contributed by atoms with Crippen LogP contribution in [-0.4, -0.2) is 12.5 Å². The van der Waals surface area contributed by atoms with Crippen LogP contribution in [0.3, 0.4) is 0 Å². The van der Waals surface area contributed by atoms with E-state index < -0.39 is 5.82 Å². The molecule has 0 bridgehead atoms. The van der Waals surface area contributed by atoms with Crippen LogP contribution in [0.5, 0.6) is 0 Å². The van der Waals surface area contributed by atoms with Crippen LogP contribution in [0.4, 0.5) is 15.8 Å². The van der Waals surface area contributed by atoms with Crippen molar-refractivity contribution >= 4 is 17.3 Å². The van der Waals surface area contributed by atoms with Crippen LogP contribution in [-0.2, 0) is 6.42 Å². The number of hydrogen-bond donors (Lipinski definition) is 1. The fourth-order valence-corrected chi connectivity index (χ4v) is 2.66. The molecule has 0 spiro atoms. The second kappa shape index (κ2) is 4.96. The van der Waals surface area contributed by atoms with Crippen molar-refractivity contribution in [1.82, 2.24) is 0 Å². The number of nitrogens with zero attached hydrogens (tertiary/aromatic N) is 1. The largest absolute Gasteiger partial charge is 0.397 e. The maximum Gasteiger partial charge on any atom is 0.258 e. The zero-order chi connectivity index (χ0) is 14.1. The lowest BCUT2D eigenvalue weighted by molar-refractivity contribution is 0.0985. The van der Waals surface area contributed by atoms with Gasteiger partial charge in [0, 0.05) is 12.1 Å². The lowest BCUT2D eigenvalue weighted by atomic mass is 9.99. The number of benzene rings is 2. The van der Waals surface area contributed by atoms with E-state index in [0.29, 0.717) is 17.8 Å². The summed E-state index contributed by atoms with van der Waals surface area (Å²) in [7, 11) is 0. The molecule has 2 aromatic rings. The van der Waals surface area contributed by atoms with Crippen molar-refractivity contribution in [2.24, 2.45) is 0 Å². The molecule has 0 fully saturated rings. The van der Waals surface area contributed by atoms with Gasteiger partial charge in [-0.05, 0) is 42.7 Å².